The fourth-order valence-corrected chi connectivity index (χ4v) is 8.61. The summed E-state index contributed by atoms with van der Waals surface area (Å²) in [6, 6.07) is 73.1. The highest BCUT2D eigenvalue weighted by atomic mass is 14.7. The fourth-order valence-electron chi connectivity index (χ4n) is 8.61. The van der Waals surface area contributed by atoms with E-state index in [1.807, 2.05) is 0 Å². The Balaban J connectivity index is 1.25. The number of hydrogen-bond donors (Lipinski definition) is 0. The SMILES string of the molecule is c1ccc2cc(-c3cccc4c(-c5cc(-c6cccc7ccccc67)nc6c5ccc5ccccc56)ccc(-c5ccc6ccccc6c5)c34)ccc2c1. The molecule has 1 aromatic heterocycles. The minimum Gasteiger partial charge on any atom is -0.247 e. The molecule has 0 bridgehead atoms. The standard InChI is InChI=1S/C53H33N/c1-3-15-38-31-40(25-23-34(38)11-1)43-20-10-22-48-46(30-29-44(52(43)48)41-26-24-35-12-2-4-16-39(35)32-41)50-33-51(47-21-9-17-36-13-5-7-18-42(36)47)54-53-45-19-8-6-14-37(45)27-28-49(50)53/h1-33H. The molecule has 0 amide bonds. The van der Waals surface area contributed by atoms with Gasteiger partial charge in [0.1, 0.15) is 0 Å². The molecule has 0 saturated carbocycles. The molecule has 0 atom stereocenters. The lowest BCUT2D eigenvalue weighted by atomic mass is 9.85. The first kappa shape index (κ1) is 30.5. The van der Waals surface area contributed by atoms with Gasteiger partial charge in [0.05, 0.1) is 11.2 Å². The van der Waals surface area contributed by atoms with Crippen molar-refractivity contribution in [3.63, 3.8) is 0 Å². The van der Waals surface area contributed by atoms with Gasteiger partial charge in [-0.15, -0.1) is 0 Å². The highest BCUT2D eigenvalue weighted by molar-refractivity contribution is 6.18. The first-order chi connectivity index (χ1) is 26.8. The highest BCUT2D eigenvalue weighted by Gasteiger charge is 2.19. The number of rotatable bonds is 4. The zero-order chi connectivity index (χ0) is 35.6. The third-order valence-electron chi connectivity index (χ3n) is 11.2. The van der Waals surface area contributed by atoms with Crippen molar-refractivity contribution in [2.75, 3.05) is 0 Å². The number of benzene rings is 10. The predicted molar refractivity (Wildman–Crippen MR) is 231 cm³/mol. The minimum atomic E-state index is 0.975. The van der Waals surface area contributed by atoms with E-state index < -0.39 is 0 Å². The number of nitrogens with zero attached hydrogens (tertiary/aromatic N) is 1. The van der Waals surface area contributed by atoms with Crippen LogP contribution in [0.3, 0.4) is 0 Å². The number of aromatic nitrogens is 1. The first-order valence-corrected chi connectivity index (χ1v) is 18.6. The van der Waals surface area contributed by atoms with Gasteiger partial charge >= 0.3 is 0 Å². The van der Waals surface area contributed by atoms with Crippen LogP contribution in [0.4, 0.5) is 0 Å². The van der Waals surface area contributed by atoms with E-state index >= 15 is 0 Å². The summed E-state index contributed by atoms with van der Waals surface area (Å²) in [5, 5.41) is 13.3. The molecule has 1 heterocycles. The summed E-state index contributed by atoms with van der Waals surface area (Å²) >= 11 is 0. The van der Waals surface area contributed by atoms with E-state index in [0.29, 0.717) is 0 Å². The van der Waals surface area contributed by atoms with Crippen LogP contribution in [0, 0.1) is 0 Å². The molecule has 0 aliphatic heterocycles. The van der Waals surface area contributed by atoms with Crippen LogP contribution >= 0.6 is 0 Å². The van der Waals surface area contributed by atoms with Gasteiger partial charge in [0.25, 0.3) is 0 Å². The third kappa shape index (κ3) is 4.90. The zero-order valence-corrected chi connectivity index (χ0v) is 29.5. The molecule has 250 valence electrons. The zero-order valence-electron chi connectivity index (χ0n) is 29.5. The Kier molecular flexibility index (Phi) is 6.93. The lowest BCUT2D eigenvalue weighted by Crippen LogP contribution is -1.94. The second kappa shape index (κ2) is 12.3. The monoisotopic (exact) mass is 683 g/mol. The molecule has 54 heavy (non-hydrogen) atoms. The fraction of sp³-hybridized carbons (Fsp3) is 0. The summed E-state index contributed by atoms with van der Waals surface area (Å²) in [5.74, 6) is 0. The van der Waals surface area contributed by atoms with Gasteiger partial charge in [0.15, 0.2) is 0 Å². The lowest BCUT2D eigenvalue weighted by molar-refractivity contribution is 1.42. The van der Waals surface area contributed by atoms with Crippen LogP contribution in [0.1, 0.15) is 0 Å². The van der Waals surface area contributed by atoms with Crippen molar-refractivity contribution in [3.8, 4) is 44.6 Å². The molecule has 0 spiro atoms. The maximum atomic E-state index is 5.48. The topological polar surface area (TPSA) is 12.9 Å². The van der Waals surface area contributed by atoms with E-state index in [0.717, 1.165) is 27.5 Å². The molecule has 1 heteroatoms. The maximum Gasteiger partial charge on any atom is 0.0794 e. The average molecular weight is 684 g/mol. The summed E-state index contributed by atoms with van der Waals surface area (Å²) in [7, 11) is 0. The van der Waals surface area contributed by atoms with E-state index in [4.69, 9.17) is 4.98 Å². The van der Waals surface area contributed by atoms with E-state index in [2.05, 4.69) is 200 Å². The number of fused-ring (bicyclic) bond motifs is 7. The van der Waals surface area contributed by atoms with Gasteiger partial charge in [-0.05, 0) is 100 Å². The van der Waals surface area contributed by atoms with Gasteiger partial charge in [-0.25, -0.2) is 4.98 Å². The van der Waals surface area contributed by atoms with Crippen LogP contribution in [0.15, 0.2) is 200 Å². The summed E-state index contributed by atoms with van der Waals surface area (Å²) in [6.07, 6.45) is 0. The lowest BCUT2D eigenvalue weighted by Gasteiger charge is -2.19. The normalized spacial score (nSPS) is 11.7. The van der Waals surface area contributed by atoms with Crippen molar-refractivity contribution in [1.82, 2.24) is 4.98 Å². The molecule has 0 saturated heterocycles. The molecule has 11 rings (SSSR count). The molecular formula is C53H33N. The Hall–Kier alpha value is -7.09. The highest BCUT2D eigenvalue weighted by Crippen LogP contribution is 2.45. The van der Waals surface area contributed by atoms with Crippen LogP contribution in [0.5, 0.6) is 0 Å². The van der Waals surface area contributed by atoms with E-state index in [9.17, 15) is 0 Å². The van der Waals surface area contributed by atoms with Gasteiger partial charge < -0.3 is 0 Å². The molecule has 10 aromatic carbocycles. The van der Waals surface area contributed by atoms with Crippen LogP contribution in [-0.2, 0) is 0 Å². The second-order valence-corrected chi connectivity index (χ2v) is 14.3. The van der Waals surface area contributed by atoms with Crippen molar-refractivity contribution < 1.29 is 0 Å². The Labute approximate surface area is 313 Å². The van der Waals surface area contributed by atoms with E-state index in [1.165, 1.54) is 81.9 Å². The molecule has 0 aliphatic rings. The van der Waals surface area contributed by atoms with Crippen molar-refractivity contribution in [2.45, 2.75) is 0 Å². The van der Waals surface area contributed by atoms with Crippen molar-refractivity contribution in [3.05, 3.63) is 200 Å². The summed E-state index contributed by atoms with van der Waals surface area (Å²) in [4.78, 5) is 5.48. The van der Waals surface area contributed by atoms with Crippen molar-refractivity contribution in [1.29, 1.82) is 0 Å². The van der Waals surface area contributed by atoms with Crippen LogP contribution in [-0.4, -0.2) is 4.98 Å². The maximum absolute atomic E-state index is 5.48. The largest absolute Gasteiger partial charge is 0.247 e. The Morgan fingerprint density at radius 2 is 0.759 bits per heavy atom. The minimum absolute atomic E-state index is 0.975. The van der Waals surface area contributed by atoms with Crippen LogP contribution in [0.2, 0.25) is 0 Å². The molecule has 1 nitrogen and oxygen atoms in total. The van der Waals surface area contributed by atoms with Crippen molar-refractivity contribution >= 4 is 64.8 Å². The average Bonchev–Trinajstić information content (AvgIpc) is 3.25. The predicted octanol–water partition coefficient (Wildman–Crippen LogP) is 14.7. The molecule has 0 radical (unpaired) electrons. The number of pyridine rings is 1. The Bertz CT molecular complexity index is 3190. The molecule has 0 unspecified atom stereocenters. The third-order valence-corrected chi connectivity index (χ3v) is 11.2. The quantitative estimate of drug-likeness (QED) is 0.168. The first-order valence-electron chi connectivity index (χ1n) is 18.6. The van der Waals surface area contributed by atoms with Gasteiger partial charge in [-0.3, -0.25) is 0 Å². The van der Waals surface area contributed by atoms with E-state index in [-0.39, 0.29) is 0 Å². The van der Waals surface area contributed by atoms with Gasteiger partial charge in [-0.1, -0.05) is 182 Å². The summed E-state index contributed by atoms with van der Waals surface area (Å²) < 4.78 is 0. The number of hydrogen-bond acceptors (Lipinski definition) is 1. The van der Waals surface area contributed by atoms with Gasteiger partial charge in [-0.2, -0.15) is 0 Å². The van der Waals surface area contributed by atoms with Gasteiger partial charge in [0, 0.05) is 16.3 Å². The van der Waals surface area contributed by atoms with Crippen molar-refractivity contribution in [2.24, 2.45) is 0 Å². The summed E-state index contributed by atoms with van der Waals surface area (Å²) in [6.45, 7) is 0. The van der Waals surface area contributed by atoms with Crippen LogP contribution < -0.4 is 0 Å². The molecule has 0 N–H and O–H groups in total. The van der Waals surface area contributed by atoms with Crippen LogP contribution in [0.25, 0.3) is 109 Å². The molecule has 0 fully saturated rings. The van der Waals surface area contributed by atoms with E-state index in [1.54, 1.807) is 0 Å². The smallest absolute Gasteiger partial charge is 0.0794 e. The molecule has 0 aliphatic carbocycles. The molecule has 11 aromatic rings. The molecular weight excluding hydrogens is 651 g/mol. The second-order valence-electron chi connectivity index (χ2n) is 14.3. The summed E-state index contributed by atoms with van der Waals surface area (Å²) in [5.41, 5.74) is 10.4. The Morgan fingerprint density at radius 1 is 0.259 bits per heavy atom. The van der Waals surface area contributed by atoms with Gasteiger partial charge in [0.2, 0.25) is 0 Å². The Morgan fingerprint density at radius 3 is 1.48 bits per heavy atom.